The van der Waals surface area contributed by atoms with Crippen molar-refractivity contribution in [2.45, 2.75) is 13.0 Å². The molecule has 0 amide bonds. The van der Waals surface area contributed by atoms with E-state index < -0.39 is 0 Å². The van der Waals surface area contributed by atoms with E-state index in [2.05, 4.69) is 4.98 Å². The van der Waals surface area contributed by atoms with Gasteiger partial charge in [0.1, 0.15) is 18.2 Å². The number of aromatic nitrogens is 1. The molecular formula is C14H15FN2O. The average Bonchev–Trinajstić information content (AvgIpc) is 2.39. The molecule has 0 saturated carbocycles. The smallest absolute Gasteiger partial charge is 0.123 e. The van der Waals surface area contributed by atoms with E-state index in [0.29, 0.717) is 25.3 Å². The van der Waals surface area contributed by atoms with Crippen LogP contribution < -0.4 is 10.5 Å². The molecule has 0 aliphatic heterocycles. The number of nitrogens with two attached hydrogens (primary N) is 1. The first-order chi connectivity index (χ1) is 8.79. The van der Waals surface area contributed by atoms with E-state index in [1.165, 1.54) is 12.1 Å². The quantitative estimate of drug-likeness (QED) is 0.880. The second kappa shape index (κ2) is 6.12. The molecule has 0 unspecified atom stereocenters. The lowest BCUT2D eigenvalue weighted by atomic mass is 10.1. The standard InChI is InChI=1S/C14H15FN2O/c15-13-1-2-14(12(9-13)3-6-16)18-10-11-4-7-17-8-5-11/h1-2,4-5,7-9H,3,6,10,16H2. The zero-order valence-corrected chi connectivity index (χ0v) is 9.97. The molecule has 0 aliphatic carbocycles. The van der Waals surface area contributed by atoms with Gasteiger partial charge in [-0.25, -0.2) is 4.39 Å². The predicted octanol–water partition coefficient (Wildman–Crippen LogP) is 2.30. The van der Waals surface area contributed by atoms with Gasteiger partial charge in [0.25, 0.3) is 0 Å². The maximum absolute atomic E-state index is 13.1. The van der Waals surface area contributed by atoms with E-state index in [4.69, 9.17) is 10.5 Å². The van der Waals surface area contributed by atoms with E-state index in [9.17, 15) is 4.39 Å². The summed E-state index contributed by atoms with van der Waals surface area (Å²) >= 11 is 0. The lowest BCUT2D eigenvalue weighted by molar-refractivity contribution is 0.302. The third kappa shape index (κ3) is 3.28. The number of rotatable bonds is 5. The van der Waals surface area contributed by atoms with E-state index in [1.807, 2.05) is 12.1 Å². The van der Waals surface area contributed by atoms with Gasteiger partial charge in [-0.2, -0.15) is 0 Å². The van der Waals surface area contributed by atoms with Crippen molar-refractivity contribution in [2.24, 2.45) is 5.73 Å². The third-order valence-electron chi connectivity index (χ3n) is 2.58. The zero-order chi connectivity index (χ0) is 12.8. The summed E-state index contributed by atoms with van der Waals surface area (Å²) in [5.74, 6) is 0.411. The summed E-state index contributed by atoms with van der Waals surface area (Å²) in [7, 11) is 0. The number of halogens is 1. The van der Waals surface area contributed by atoms with Gasteiger partial charge >= 0.3 is 0 Å². The van der Waals surface area contributed by atoms with Gasteiger partial charge in [-0.1, -0.05) is 0 Å². The van der Waals surface area contributed by atoms with Crippen molar-refractivity contribution < 1.29 is 9.13 Å². The van der Waals surface area contributed by atoms with Crippen LogP contribution in [-0.4, -0.2) is 11.5 Å². The van der Waals surface area contributed by atoms with E-state index in [1.54, 1.807) is 18.5 Å². The Labute approximate surface area is 105 Å². The second-order valence-electron chi connectivity index (χ2n) is 3.93. The van der Waals surface area contributed by atoms with Gasteiger partial charge in [-0.05, 0) is 54.4 Å². The van der Waals surface area contributed by atoms with Crippen LogP contribution in [0.2, 0.25) is 0 Å². The maximum atomic E-state index is 13.1. The van der Waals surface area contributed by atoms with Crippen molar-refractivity contribution in [1.82, 2.24) is 4.98 Å². The van der Waals surface area contributed by atoms with Crippen LogP contribution in [0.3, 0.4) is 0 Å². The molecule has 1 aromatic heterocycles. The van der Waals surface area contributed by atoms with Gasteiger partial charge in [0.2, 0.25) is 0 Å². The van der Waals surface area contributed by atoms with Crippen LogP contribution >= 0.6 is 0 Å². The highest BCUT2D eigenvalue weighted by Gasteiger charge is 2.05. The predicted molar refractivity (Wildman–Crippen MR) is 67.7 cm³/mol. The van der Waals surface area contributed by atoms with Crippen LogP contribution in [0.5, 0.6) is 5.75 Å². The van der Waals surface area contributed by atoms with Gasteiger partial charge < -0.3 is 10.5 Å². The molecular weight excluding hydrogens is 231 g/mol. The molecule has 18 heavy (non-hydrogen) atoms. The molecule has 4 heteroatoms. The van der Waals surface area contributed by atoms with Crippen molar-refractivity contribution in [2.75, 3.05) is 6.54 Å². The van der Waals surface area contributed by atoms with Gasteiger partial charge in [0.05, 0.1) is 0 Å². The van der Waals surface area contributed by atoms with E-state index in [0.717, 1.165) is 11.1 Å². The molecule has 0 radical (unpaired) electrons. The average molecular weight is 246 g/mol. The van der Waals surface area contributed by atoms with Crippen molar-refractivity contribution in [1.29, 1.82) is 0 Å². The molecule has 0 spiro atoms. The lowest BCUT2D eigenvalue weighted by Crippen LogP contribution is -2.06. The summed E-state index contributed by atoms with van der Waals surface area (Å²) in [5.41, 5.74) is 7.32. The molecule has 1 heterocycles. The van der Waals surface area contributed by atoms with E-state index in [-0.39, 0.29) is 5.82 Å². The molecule has 2 rings (SSSR count). The van der Waals surface area contributed by atoms with Crippen LogP contribution in [0.1, 0.15) is 11.1 Å². The van der Waals surface area contributed by atoms with Crippen molar-refractivity contribution in [3.05, 3.63) is 59.7 Å². The first-order valence-electron chi connectivity index (χ1n) is 5.80. The van der Waals surface area contributed by atoms with Gasteiger partial charge in [0.15, 0.2) is 0 Å². The lowest BCUT2D eigenvalue weighted by Gasteiger charge is -2.11. The summed E-state index contributed by atoms with van der Waals surface area (Å²) in [6.45, 7) is 0.904. The number of hydrogen-bond acceptors (Lipinski definition) is 3. The Bertz CT molecular complexity index is 502. The molecule has 2 aromatic rings. The number of hydrogen-bond donors (Lipinski definition) is 1. The molecule has 0 aliphatic rings. The van der Waals surface area contributed by atoms with Crippen molar-refractivity contribution in [3.63, 3.8) is 0 Å². The highest BCUT2D eigenvalue weighted by Crippen LogP contribution is 2.21. The molecule has 0 bridgehead atoms. The SMILES string of the molecule is NCCc1cc(F)ccc1OCc1ccncc1. The number of benzene rings is 1. The maximum Gasteiger partial charge on any atom is 0.123 e. The Morgan fingerprint density at radius 3 is 2.67 bits per heavy atom. The normalized spacial score (nSPS) is 10.3. The fourth-order valence-corrected chi connectivity index (χ4v) is 1.68. The number of ether oxygens (including phenoxy) is 1. The number of nitrogens with zero attached hydrogens (tertiary/aromatic N) is 1. The third-order valence-corrected chi connectivity index (χ3v) is 2.58. The minimum absolute atomic E-state index is 0.269. The van der Waals surface area contributed by atoms with Crippen LogP contribution in [0.25, 0.3) is 0 Å². The van der Waals surface area contributed by atoms with Crippen LogP contribution in [0, 0.1) is 5.82 Å². The van der Waals surface area contributed by atoms with Gasteiger partial charge in [0, 0.05) is 12.4 Å². The Hall–Kier alpha value is -1.94. The molecule has 2 N–H and O–H groups in total. The molecule has 0 atom stereocenters. The first-order valence-corrected chi connectivity index (χ1v) is 5.80. The minimum atomic E-state index is -0.269. The summed E-state index contributed by atoms with van der Waals surface area (Å²) in [6, 6.07) is 8.26. The van der Waals surface area contributed by atoms with Crippen LogP contribution in [0.4, 0.5) is 4.39 Å². The fraction of sp³-hybridized carbons (Fsp3) is 0.214. The molecule has 0 fully saturated rings. The van der Waals surface area contributed by atoms with Crippen molar-refractivity contribution >= 4 is 0 Å². The Morgan fingerprint density at radius 2 is 1.94 bits per heavy atom. The van der Waals surface area contributed by atoms with Gasteiger partial charge in [-0.3, -0.25) is 4.98 Å². The highest BCUT2D eigenvalue weighted by molar-refractivity contribution is 5.34. The second-order valence-corrected chi connectivity index (χ2v) is 3.93. The van der Waals surface area contributed by atoms with E-state index >= 15 is 0 Å². The van der Waals surface area contributed by atoms with Crippen LogP contribution in [-0.2, 0) is 13.0 Å². The number of pyridine rings is 1. The fourth-order valence-electron chi connectivity index (χ4n) is 1.68. The minimum Gasteiger partial charge on any atom is -0.489 e. The summed E-state index contributed by atoms with van der Waals surface area (Å²) in [5, 5.41) is 0. The summed E-state index contributed by atoms with van der Waals surface area (Å²) in [6.07, 6.45) is 4.03. The Morgan fingerprint density at radius 1 is 1.17 bits per heavy atom. The van der Waals surface area contributed by atoms with Crippen LogP contribution in [0.15, 0.2) is 42.7 Å². The molecule has 0 saturated heterocycles. The molecule has 1 aromatic carbocycles. The Kier molecular flexibility index (Phi) is 4.25. The topological polar surface area (TPSA) is 48.1 Å². The summed E-state index contributed by atoms with van der Waals surface area (Å²) < 4.78 is 18.8. The summed E-state index contributed by atoms with van der Waals surface area (Å²) in [4.78, 5) is 3.94. The zero-order valence-electron chi connectivity index (χ0n) is 9.97. The molecule has 94 valence electrons. The Balaban J connectivity index is 2.09. The molecule has 3 nitrogen and oxygen atoms in total. The van der Waals surface area contributed by atoms with Crippen molar-refractivity contribution in [3.8, 4) is 5.75 Å². The first kappa shape index (κ1) is 12.5. The monoisotopic (exact) mass is 246 g/mol. The largest absolute Gasteiger partial charge is 0.489 e. The highest BCUT2D eigenvalue weighted by atomic mass is 19.1. The van der Waals surface area contributed by atoms with Gasteiger partial charge in [-0.15, -0.1) is 0 Å².